The third-order valence-corrected chi connectivity index (χ3v) is 3.94. The number of hydrogen-bond acceptors (Lipinski definition) is 6. The molecule has 2 aromatic carbocycles. The fourth-order valence-electron chi connectivity index (χ4n) is 2.56. The van der Waals surface area contributed by atoms with Crippen LogP contribution in [0.4, 0.5) is 17.1 Å². The van der Waals surface area contributed by atoms with Crippen LogP contribution < -0.4 is 20.1 Å². The Morgan fingerprint density at radius 3 is 2.64 bits per heavy atom. The van der Waals surface area contributed by atoms with Crippen molar-refractivity contribution in [1.29, 1.82) is 5.26 Å². The van der Waals surface area contributed by atoms with Gasteiger partial charge in [-0.25, -0.2) is 0 Å². The van der Waals surface area contributed by atoms with Crippen LogP contribution in [0, 0.1) is 11.3 Å². The lowest BCUT2D eigenvalue weighted by atomic mass is 10.2. The summed E-state index contributed by atoms with van der Waals surface area (Å²) in [5.41, 5.74) is 2.73. The number of carbonyl (C=O) groups is 1. The highest BCUT2D eigenvalue weighted by Crippen LogP contribution is 2.31. The average Bonchev–Trinajstić information content (AvgIpc) is 2.74. The molecule has 3 rings (SSSR count). The Kier molecular flexibility index (Phi) is 5.72. The van der Waals surface area contributed by atoms with E-state index in [2.05, 4.69) is 15.6 Å². The van der Waals surface area contributed by atoms with Gasteiger partial charge in [-0.15, -0.1) is 0 Å². The molecule has 3 aromatic rings. The second-order valence-corrected chi connectivity index (χ2v) is 5.80. The molecule has 28 heavy (non-hydrogen) atoms. The Bertz CT molecular complexity index is 1040. The van der Waals surface area contributed by atoms with Gasteiger partial charge in [0.1, 0.15) is 11.5 Å². The van der Waals surface area contributed by atoms with E-state index in [1.165, 1.54) is 6.20 Å². The molecule has 0 atom stereocenters. The van der Waals surface area contributed by atoms with Gasteiger partial charge in [0.15, 0.2) is 0 Å². The molecular formula is C21H18N4O3. The van der Waals surface area contributed by atoms with Crippen LogP contribution in [-0.2, 0) is 0 Å². The first kappa shape index (κ1) is 18.7. The predicted molar refractivity (Wildman–Crippen MR) is 106 cm³/mol. The fourth-order valence-corrected chi connectivity index (χ4v) is 2.56. The van der Waals surface area contributed by atoms with Crippen molar-refractivity contribution in [2.75, 3.05) is 24.9 Å². The second-order valence-electron chi connectivity index (χ2n) is 5.80. The number of nitriles is 1. The largest absolute Gasteiger partial charge is 0.497 e. The number of ether oxygens (including phenoxy) is 2. The van der Waals surface area contributed by atoms with Crippen LogP contribution in [0.3, 0.4) is 0 Å². The number of anilines is 3. The molecule has 0 aliphatic rings. The van der Waals surface area contributed by atoms with Gasteiger partial charge in [0.25, 0.3) is 5.91 Å². The highest BCUT2D eigenvalue weighted by atomic mass is 16.5. The first-order valence-electron chi connectivity index (χ1n) is 8.38. The van der Waals surface area contributed by atoms with Crippen molar-refractivity contribution in [2.24, 2.45) is 0 Å². The summed E-state index contributed by atoms with van der Waals surface area (Å²) in [5.74, 6) is 0.948. The number of aromatic nitrogens is 1. The molecule has 0 saturated heterocycles. The monoisotopic (exact) mass is 374 g/mol. The lowest BCUT2D eigenvalue weighted by Crippen LogP contribution is -2.12. The highest BCUT2D eigenvalue weighted by Gasteiger charge is 2.10. The van der Waals surface area contributed by atoms with Gasteiger partial charge in [-0.2, -0.15) is 5.26 Å². The van der Waals surface area contributed by atoms with Crippen LogP contribution in [0.2, 0.25) is 0 Å². The van der Waals surface area contributed by atoms with E-state index in [0.29, 0.717) is 39.7 Å². The number of amides is 1. The zero-order valence-electron chi connectivity index (χ0n) is 15.4. The first-order chi connectivity index (χ1) is 13.6. The van der Waals surface area contributed by atoms with Gasteiger partial charge in [-0.05, 0) is 36.4 Å². The molecule has 7 nitrogen and oxygen atoms in total. The lowest BCUT2D eigenvalue weighted by Gasteiger charge is -2.13. The van der Waals surface area contributed by atoms with Crippen LogP contribution in [0.5, 0.6) is 11.5 Å². The van der Waals surface area contributed by atoms with Gasteiger partial charge < -0.3 is 20.1 Å². The van der Waals surface area contributed by atoms with E-state index < -0.39 is 0 Å². The number of methoxy groups -OCH3 is 2. The normalized spacial score (nSPS) is 9.89. The molecule has 1 aromatic heterocycles. The quantitative estimate of drug-likeness (QED) is 0.678. The molecular weight excluding hydrogens is 356 g/mol. The van der Waals surface area contributed by atoms with Crippen LogP contribution in [-0.4, -0.2) is 25.1 Å². The molecule has 0 spiro atoms. The number of benzene rings is 2. The van der Waals surface area contributed by atoms with Gasteiger partial charge in [0, 0.05) is 18.0 Å². The molecule has 0 saturated carbocycles. The number of hydrogen-bond donors (Lipinski definition) is 2. The Labute approximate surface area is 162 Å². The minimum atomic E-state index is -0.326. The molecule has 0 fully saturated rings. The second kappa shape index (κ2) is 8.56. The molecule has 0 aliphatic heterocycles. The molecule has 2 N–H and O–H groups in total. The molecule has 1 heterocycles. The number of nitrogens with zero attached hydrogens (tertiary/aromatic N) is 2. The summed E-state index contributed by atoms with van der Waals surface area (Å²) in [7, 11) is 3.15. The minimum Gasteiger partial charge on any atom is -0.497 e. The van der Waals surface area contributed by atoms with E-state index in [1.807, 2.05) is 12.1 Å². The van der Waals surface area contributed by atoms with Crippen molar-refractivity contribution in [1.82, 2.24) is 4.98 Å². The van der Waals surface area contributed by atoms with Crippen molar-refractivity contribution < 1.29 is 14.3 Å². The number of rotatable bonds is 6. The average molecular weight is 374 g/mol. The lowest BCUT2D eigenvalue weighted by molar-refractivity contribution is 0.102. The summed E-state index contributed by atoms with van der Waals surface area (Å²) in [5, 5.41) is 14.9. The Morgan fingerprint density at radius 1 is 1.04 bits per heavy atom. The van der Waals surface area contributed by atoms with Gasteiger partial charge in [0.2, 0.25) is 0 Å². The maximum absolute atomic E-state index is 12.5. The highest BCUT2D eigenvalue weighted by molar-refractivity contribution is 6.04. The van der Waals surface area contributed by atoms with Gasteiger partial charge in [-0.1, -0.05) is 6.07 Å². The van der Waals surface area contributed by atoms with Crippen LogP contribution >= 0.6 is 0 Å². The number of carbonyl (C=O) groups excluding carboxylic acids is 1. The molecule has 0 unspecified atom stereocenters. The standard InChI is InChI=1S/C21H18N4O3/c1-27-18-6-7-19(20(10-18)28-2)24-17-9-15(12-23-13-17)21(26)25-16-5-3-4-14(8-16)11-22/h3-10,12-13,24H,1-2H3,(H,25,26). The van der Waals surface area contributed by atoms with Crippen molar-refractivity contribution in [3.8, 4) is 17.6 Å². The van der Waals surface area contributed by atoms with Gasteiger partial charge in [0.05, 0.1) is 49.0 Å². The summed E-state index contributed by atoms with van der Waals surface area (Å²) in [6.07, 6.45) is 3.08. The third kappa shape index (κ3) is 4.37. The van der Waals surface area contributed by atoms with Crippen molar-refractivity contribution in [3.05, 3.63) is 72.1 Å². The number of pyridine rings is 1. The summed E-state index contributed by atoms with van der Waals surface area (Å²) in [6, 6.07) is 15.8. The van der Waals surface area contributed by atoms with Gasteiger partial charge in [-0.3, -0.25) is 9.78 Å². The molecule has 1 amide bonds. The molecule has 0 radical (unpaired) electrons. The Balaban J connectivity index is 1.78. The van der Waals surface area contributed by atoms with Crippen LogP contribution in [0.25, 0.3) is 0 Å². The SMILES string of the molecule is COc1ccc(Nc2cncc(C(=O)Nc3cccc(C#N)c3)c2)c(OC)c1. The zero-order valence-corrected chi connectivity index (χ0v) is 15.4. The molecule has 0 aliphatic carbocycles. The maximum atomic E-state index is 12.5. The molecule has 140 valence electrons. The van der Waals surface area contributed by atoms with Crippen molar-refractivity contribution >= 4 is 23.0 Å². The van der Waals surface area contributed by atoms with E-state index >= 15 is 0 Å². The van der Waals surface area contributed by atoms with E-state index in [1.54, 1.807) is 62.9 Å². The first-order valence-corrected chi connectivity index (χ1v) is 8.38. The van der Waals surface area contributed by atoms with Crippen LogP contribution in [0.15, 0.2) is 60.9 Å². The molecule has 0 bridgehead atoms. The minimum absolute atomic E-state index is 0.326. The maximum Gasteiger partial charge on any atom is 0.257 e. The third-order valence-electron chi connectivity index (χ3n) is 3.94. The topological polar surface area (TPSA) is 96.3 Å². The number of nitrogens with one attached hydrogen (secondary N) is 2. The van der Waals surface area contributed by atoms with Crippen molar-refractivity contribution in [3.63, 3.8) is 0 Å². The van der Waals surface area contributed by atoms with E-state index in [-0.39, 0.29) is 5.91 Å². The summed E-state index contributed by atoms with van der Waals surface area (Å²) < 4.78 is 10.6. The fraction of sp³-hybridized carbons (Fsp3) is 0.0952. The smallest absolute Gasteiger partial charge is 0.257 e. The van der Waals surface area contributed by atoms with E-state index in [4.69, 9.17) is 14.7 Å². The summed E-state index contributed by atoms with van der Waals surface area (Å²) in [6.45, 7) is 0. The molecule has 7 heteroatoms. The van der Waals surface area contributed by atoms with Crippen molar-refractivity contribution in [2.45, 2.75) is 0 Å². The summed E-state index contributed by atoms with van der Waals surface area (Å²) >= 11 is 0. The predicted octanol–water partition coefficient (Wildman–Crippen LogP) is 3.97. The summed E-state index contributed by atoms with van der Waals surface area (Å²) in [4.78, 5) is 16.6. The Hall–Kier alpha value is -4.05. The Morgan fingerprint density at radius 2 is 1.89 bits per heavy atom. The van der Waals surface area contributed by atoms with E-state index in [9.17, 15) is 4.79 Å². The van der Waals surface area contributed by atoms with Crippen LogP contribution in [0.1, 0.15) is 15.9 Å². The van der Waals surface area contributed by atoms with E-state index in [0.717, 1.165) is 0 Å². The van der Waals surface area contributed by atoms with Gasteiger partial charge >= 0.3 is 0 Å². The zero-order chi connectivity index (χ0) is 19.9.